The molecule has 1 heteroatoms. The van der Waals surface area contributed by atoms with Crippen molar-refractivity contribution in [3.63, 3.8) is 0 Å². The Morgan fingerprint density at radius 1 is 1.12 bits per heavy atom. The van der Waals surface area contributed by atoms with Crippen LogP contribution in [-0.4, -0.2) is 0 Å². The minimum Gasteiger partial charge on any atom is -0.324 e. The second-order valence-electron chi connectivity index (χ2n) is 5.47. The molecule has 0 bridgehead atoms. The third-order valence-electron chi connectivity index (χ3n) is 4.38. The highest BCUT2D eigenvalue weighted by Gasteiger charge is 2.25. The van der Waals surface area contributed by atoms with E-state index in [0.29, 0.717) is 0 Å². The molecule has 17 heavy (non-hydrogen) atoms. The number of nitrogens with two attached hydrogens (primary N) is 1. The zero-order valence-corrected chi connectivity index (χ0v) is 10.9. The van der Waals surface area contributed by atoms with E-state index >= 15 is 0 Å². The van der Waals surface area contributed by atoms with Crippen molar-refractivity contribution in [1.29, 1.82) is 0 Å². The highest BCUT2D eigenvalue weighted by atomic mass is 14.6. The molecule has 0 radical (unpaired) electrons. The molecule has 3 atom stereocenters. The Morgan fingerprint density at radius 3 is 2.41 bits per heavy atom. The van der Waals surface area contributed by atoms with Crippen molar-refractivity contribution in [3.8, 4) is 0 Å². The number of benzene rings is 1. The predicted molar refractivity (Wildman–Crippen MR) is 73.7 cm³/mol. The third-order valence-corrected chi connectivity index (χ3v) is 4.38. The van der Waals surface area contributed by atoms with Crippen molar-refractivity contribution >= 4 is 0 Å². The van der Waals surface area contributed by atoms with Crippen LogP contribution in [0.4, 0.5) is 0 Å². The molecular formula is C16H25N. The maximum Gasteiger partial charge on any atom is 0.0297 e. The van der Waals surface area contributed by atoms with E-state index in [9.17, 15) is 0 Å². The van der Waals surface area contributed by atoms with Gasteiger partial charge < -0.3 is 5.73 Å². The average molecular weight is 231 g/mol. The summed E-state index contributed by atoms with van der Waals surface area (Å²) in [4.78, 5) is 0. The fourth-order valence-electron chi connectivity index (χ4n) is 3.29. The van der Waals surface area contributed by atoms with Crippen LogP contribution in [0.5, 0.6) is 0 Å². The fraction of sp³-hybridized carbons (Fsp3) is 0.625. The van der Waals surface area contributed by atoms with Crippen LogP contribution in [-0.2, 0) is 0 Å². The molecule has 3 unspecified atom stereocenters. The summed E-state index contributed by atoms with van der Waals surface area (Å²) in [6, 6.07) is 10.8. The van der Waals surface area contributed by atoms with Crippen molar-refractivity contribution in [2.24, 2.45) is 17.6 Å². The van der Waals surface area contributed by atoms with Crippen LogP contribution in [0, 0.1) is 11.8 Å². The second-order valence-corrected chi connectivity index (χ2v) is 5.47. The van der Waals surface area contributed by atoms with Crippen molar-refractivity contribution < 1.29 is 0 Å². The Bertz CT molecular complexity index is 320. The number of hydrogen-bond donors (Lipinski definition) is 1. The Balaban J connectivity index is 1.95. The van der Waals surface area contributed by atoms with Crippen LogP contribution in [0.1, 0.15) is 57.1 Å². The van der Waals surface area contributed by atoms with Crippen molar-refractivity contribution in [2.75, 3.05) is 0 Å². The zero-order valence-electron chi connectivity index (χ0n) is 10.9. The van der Waals surface area contributed by atoms with Crippen LogP contribution in [0.15, 0.2) is 30.3 Å². The van der Waals surface area contributed by atoms with Crippen LogP contribution in [0.3, 0.4) is 0 Å². The molecule has 0 saturated heterocycles. The van der Waals surface area contributed by atoms with Gasteiger partial charge in [-0.05, 0) is 23.8 Å². The van der Waals surface area contributed by atoms with Gasteiger partial charge in [0.05, 0.1) is 0 Å². The van der Waals surface area contributed by atoms with Gasteiger partial charge in [-0.3, -0.25) is 0 Å². The normalized spacial score (nSPS) is 26.7. The Kier molecular flexibility index (Phi) is 4.61. The smallest absolute Gasteiger partial charge is 0.0297 e. The lowest BCUT2D eigenvalue weighted by molar-refractivity contribution is 0.207. The average Bonchev–Trinajstić information content (AvgIpc) is 2.40. The Labute approximate surface area is 105 Å². The van der Waals surface area contributed by atoms with Gasteiger partial charge in [0, 0.05) is 6.04 Å². The van der Waals surface area contributed by atoms with E-state index in [0.717, 1.165) is 11.8 Å². The van der Waals surface area contributed by atoms with Crippen LogP contribution >= 0.6 is 0 Å². The lowest BCUT2D eigenvalue weighted by Crippen LogP contribution is -2.24. The lowest BCUT2D eigenvalue weighted by atomic mass is 9.74. The first-order valence-electron chi connectivity index (χ1n) is 7.11. The molecule has 2 N–H and O–H groups in total. The number of hydrogen-bond acceptors (Lipinski definition) is 1. The summed E-state index contributed by atoms with van der Waals surface area (Å²) >= 11 is 0. The molecule has 1 saturated carbocycles. The van der Waals surface area contributed by atoms with Crippen molar-refractivity contribution in [3.05, 3.63) is 35.9 Å². The highest BCUT2D eigenvalue weighted by Crippen LogP contribution is 2.37. The van der Waals surface area contributed by atoms with Crippen LogP contribution < -0.4 is 5.73 Å². The standard InChI is InChI=1S/C16H25N/c1-2-13-8-6-7-11-15(13)12-16(17)14-9-4-3-5-10-14/h3-5,9-10,13,15-16H,2,6-8,11-12,17H2,1H3. The second kappa shape index (κ2) is 6.20. The minimum absolute atomic E-state index is 0.230. The maximum atomic E-state index is 6.34. The molecule has 1 aromatic carbocycles. The monoisotopic (exact) mass is 231 g/mol. The first-order chi connectivity index (χ1) is 8.31. The predicted octanol–water partition coefficient (Wildman–Crippen LogP) is 4.29. The molecule has 1 nitrogen and oxygen atoms in total. The van der Waals surface area contributed by atoms with Gasteiger partial charge >= 0.3 is 0 Å². The highest BCUT2D eigenvalue weighted by molar-refractivity contribution is 5.18. The van der Waals surface area contributed by atoms with Crippen LogP contribution in [0.2, 0.25) is 0 Å². The van der Waals surface area contributed by atoms with E-state index in [-0.39, 0.29) is 6.04 Å². The molecule has 1 aliphatic rings. The maximum absolute atomic E-state index is 6.34. The zero-order chi connectivity index (χ0) is 12.1. The SMILES string of the molecule is CCC1CCCCC1CC(N)c1ccccc1. The van der Waals surface area contributed by atoms with Gasteiger partial charge in [0.1, 0.15) is 0 Å². The minimum atomic E-state index is 0.230. The first-order valence-corrected chi connectivity index (χ1v) is 7.11. The Morgan fingerprint density at radius 2 is 1.76 bits per heavy atom. The van der Waals surface area contributed by atoms with E-state index in [2.05, 4.69) is 37.3 Å². The van der Waals surface area contributed by atoms with E-state index in [1.54, 1.807) is 0 Å². The first kappa shape index (κ1) is 12.6. The van der Waals surface area contributed by atoms with E-state index in [4.69, 9.17) is 5.73 Å². The third kappa shape index (κ3) is 3.32. The summed E-state index contributed by atoms with van der Waals surface area (Å²) in [7, 11) is 0. The molecule has 0 aliphatic heterocycles. The molecular weight excluding hydrogens is 206 g/mol. The summed E-state index contributed by atoms with van der Waals surface area (Å²) in [6.07, 6.45) is 8.13. The molecule has 0 amide bonds. The van der Waals surface area contributed by atoms with Crippen LogP contribution in [0.25, 0.3) is 0 Å². The molecule has 1 aliphatic carbocycles. The largest absolute Gasteiger partial charge is 0.324 e. The number of rotatable bonds is 4. The van der Waals surface area contributed by atoms with Gasteiger partial charge in [-0.1, -0.05) is 69.4 Å². The molecule has 1 aromatic rings. The van der Waals surface area contributed by atoms with Gasteiger partial charge in [0.15, 0.2) is 0 Å². The molecule has 1 fully saturated rings. The molecule has 0 aromatic heterocycles. The van der Waals surface area contributed by atoms with E-state index in [1.807, 2.05) is 0 Å². The molecule has 2 rings (SSSR count). The quantitative estimate of drug-likeness (QED) is 0.821. The van der Waals surface area contributed by atoms with Gasteiger partial charge in [-0.2, -0.15) is 0 Å². The van der Waals surface area contributed by atoms with Crippen molar-refractivity contribution in [1.82, 2.24) is 0 Å². The van der Waals surface area contributed by atoms with Gasteiger partial charge in [0.25, 0.3) is 0 Å². The molecule has 0 heterocycles. The Hall–Kier alpha value is -0.820. The lowest BCUT2D eigenvalue weighted by Gasteiger charge is -2.32. The molecule has 94 valence electrons. The van der Waals surface area contributed by atoms with E-state index < -0.39 is 0 Å². The van der Waals surface area contributed by atoms with Crippen molar-refractivity contribution in [2.45, 2.75) is 51.5 Å². The van der Waals surface area contributed by atoms with Gasteiger partial charge in [-0.25, -0.2) is 0 Å². The topological polar surface area (TPSA) is 26.0 Å². The summed E-state index contributed by atoms with van der Waals surface area (Å²) in [6.45, 7) is 2.33. The van der Waals surface area contributed by atoms with Gasteiger partial charge in [0.2, 0.25) is 0 Å². The van der Waals surface area contributed by atoms with Gasteiger partial charge in [-0.15, -0.1) is 0 Å². The summed E-state index contributed by atoms with van der Waals surface area (Å²) < 4.78 is 0. The fourth-order valence-corrected chi connectivity index (χ4v) is 3.29. The van der Waals surface area contributed by atoms with E-state index in [1.165, 1.54) is 44.1 Å². The summed E-state index contributed by atoms with van der Waals surface area (Å²) in [5.41, 5.74) is 7.64. The summed E-state index contributed by atoms with van der Waals surface area (Å²) in [5.74, 6) is 1.77. The molecule has 0 spiro atoms. The summed E-state index contributed by atoms with van der Waals surface area (Å²) in [5, 5.41) is 0.